The quantitative estimate of drug-likeness (QED) is 0.659. The molecule has 0 aromatic heterocycles. The van der Waals surface area contributed by atoms with Gasteiger partial charge in [-0.1, -0.05) is 0 Å². The van der Waals surface area contributed by atoms with E-state index in [-0.39, 0.29) is 5.97 Å². The van der Waals surface area contributed by atoms with E-state index in [1.54, 1.807) is 19.1 Å². The highest BCUT2D eigenvalue weighted by atomic mass is 16.5. The summed E-state index contributed by atoms with van der Waals surface area (Å²) >= 11 is 0. The molecule has 1 saturated heterocycles. The van der Waals surface area contributed by atoms with Crippen molar-refractivity contribution in [2.75, 3.05) is 23.8 Å². The minimum Gasteiger partial charge on any atom is -0.462 e. The van der Waals surface area contributed by atoms with Crippen LogP contribution in [0.3, 0.4) is 0 Å². The number of ether oxygens (including phenoxy) is 1. The number of carbonyl (C=O) groups excluding carboxylic acids is 1. The first-order valence-electron chi connectivity index (χ1n) is 6.46. The van der Waals surface area contributed by atoms with E-state index in [9.17, 15) is 4.79 Å². The fraction of sp³-hybridized carbons (Fsp3) is 0.500. The Morgan fingerprint density at radius 1 is 1.56 bits per heavy atom. The molecule has 4 heteroatoms. The molecule has 1 aliphatic heterocycles. The molecule has 1 aromatic rings. The van der Waals surface area contributed by atoms with E-state index in [2.05, 4.69) is 11.8 Å². The molecule has 0 spiro atoms. The minimum absolute atomic E-state index is 0.286. The van der Waals surface area contributed by atoms with Crippen LogP contribution in [0.15, 0.2) is 18.2 Å². The molecule has 1 aromatic carbocycles. The van der Waals surface area contributed by atoms with Gasteiger partial charge in [0.25, 0.3) is 0 Å². The maximum atomic E-state index is 11.7. The number of anilines is 2. The van der Waals surface area contributed by atoms with Gasteiger partial charge in [0.1, 0.15) is 0 Å². The zero-order valence-electron chi connectivity index (χ0n) is 11.0. The van der Waals surface area contributed by atoms with Crippen LogP contribution in [0, 0.1) is 0 Å². The second-order valence-corrected chi connectivity index (χ2v) is 4.68. The molecule has 1 fully saturated rings. The Labute approximate surface area is 108 Å². The third-order valence-electron chi connectivity index (χ3n) is 3.40. The van der Waals surface area contributed by atoms with Crippen LogP contribution in [-0.2, 0) is 4.74 Å². The third kappa shape index (κ3) is 2.42. The van der Waals surface area contributed by atoms with Crippen molar-refractivity contribution >= 4 is 17.3 Å². The Bertz CT molecular complexity index is 445. The SMILES string of the molecule is CCOC(=O)c1ccc(N)c(N2CCCC2C)c1. The summed E-state index contributed by atoms with van der Waals surface area (Å²) in [6.07, 6.45) is 2.34. The monoisotopic (exact) mass is 248 g/mol. The second kappa shape index (κ2) is 5.29. The van der Waals surface area contributed by atoms with Gasteiger partial charge in [-0.05, 0) is 44.9 Å². The number of nitrogen functional groups attached to an aromatic ring is 1. The van der Waals surface area contributed by atoms with Gasteiger partial charge < -0.3 is 15.4 Å². The van der Waals surface area contributed by atoms with Gasteiger partial charge >= 0.3 is 5.97 Å². The molecule has 98 valence electrons. The number of carbonyl (C=O) groups is 1. The molecule has 0 bridgehead atoms. The van der Waals surface area contributed by atoms with Gasteiger partial charge in [0.2, 0.25) is 0 Å². The summed E-state index contributed by atoms with van der Waals surface area (Å²) in [4.78, 5) is 14.0. The van der Waals surface area contributed by atoms with Crippen LogP contribution in [0.2, 0.25) is 0 Å². The van der Waals surface area contributed by atoms with Crippen LogP contribution in [-0.4, -0.2) is 25.2 Å². The zero-order chi connectivity index (χ0) is 13.1. The topological polar surface area (TPSA) is 55.6 Å². The lowest BCUT2D eigenvalue weighted by Gasteiger charge is -2.25. The normalized spacial score (nSPS) is 19.0. The maximum absolute atomic E-state index is 11.7. The van der Waals surface area contributed by atoms with Gasteiger partial charge in [-0.3, -0.25) is 0 Å². The van der Waals surface area contributed by atoms with Crippen LogP contribution in [0.25, 0.3) is 0 Å². The fourth-order valence-electron chi connectivity index (χ4n) is 2.42. The molecule has 0 radical (unpaired) electrons. The molecule has 1 heterocycles. The van der Waals surface area contributed by atoms with Gasteiger partial charge in [-0.2, -0.15) is 0 Å². The lowest BCUT2D eigenvalue weighted by Crippen LogP contribution is -2.27. The number of nitrogens with zero attached hydrogens (tertiary/aromatic N) is 1. The number of nitrogens with two attached hydrogens (primary N) is 1. The average Bonchev–Trinajstić information content (AvgIpc) is 2.76. The summed E-state index contributed by atoms with van der Waals surface area (Å²) in [6.45, 7) is 5.37. The summed E-state index contributed by atoms with van der Waals surface area (Å²) in [5.74, 6) is -0.286. The highest BCUT2D eigenvalue weighted by molar-refractivity contribution is 5.92. The first-order chi connectivity index (χ1) is 8.63. The Morgan fingerprint density at radius 2 is 2.33 bits per heavy atom. The van der Waals surface area contributed by atoms with Gasteiger partial charge in [-0.25, -0.2) is 4.79 Å². The van der Waals surface area contributed by atoms with E-state index < -0.39 is 0 Å². The predicted molar refractivity (Wildman–Crippen MR) is 72.9 cm³/mol. The lowest BCUT2D eigenvalue weighted by atomic mass is 10.1. The number of esters is 1. The van der Waals surface area contributed by atoms with Crippen LogP contribution >= 0.6 is 0 Å². The second-order valence-electron chi connectivity index (χ2n) is 4.68. The van der Waals surface area contributed by atoms with Crippen molar-refractivity contribution < 1.29 is 9.53 Å². The van der Waals surface area contributed by atoms with Crippen molar-refractivity contribution in [2.24, 2.45) is 0 Å². The van der Waals surface area contributed by atoms with Crippen LogP contribution in [0.5, 0.6) is 0 Å². The van der Waals surface area contributed by atoms with Crippen molar-refractivity contribution in [3.05, 3.63) is 23.8 Å². The molecule has 1 atom stereocenters. The van der Waals surface area contributed by atoms with Crippen LogP contribution in [0.4, 0.5) is 11.4 Å². The van der Waals surface area contributed by atoms with Crippen molar-refractivity contribution in [3.63, 3.8) is 0 Å². The third-order valence-corrected chi connectivity index (χ3v) is 3.40. The van der Waals surface area contributed by atoms with Crippen LogP contribution in [0.1, 0.15) is 37.0 Å². The summed E-state index contributed by atoms with van der Waals surface area (Å²) in [6, 6.07) is 5.82. The molecular formula is C14H20N2O2. The number of rotatable bonds is 3. The molecule has 1 unspecified atom stereocenters. The molecule has 1 aliphatic rings. The number of benzene rings is 1. The van der Waals surface area contributed by atoms with E-state index in [0.717, 1.165) is 17.9 Å². The number of hydrogen-bond acceptors (Lipinski definition) is 4. The van der Waals surface area contributed by atoms with Crippen molar-refractivity contribution in [2.45, 2.75) is 32.7 Å². The van der Waals surface area contributed by atoms with Gasteiger partial charge in [0.15, 0.2) is 0 Å². The Hall–Kier alpha value is -1.71. The molecule has 18 heavy (non-hydrogen) atoms. The first-order valence-corrected chi connectivity index (χ1v) is 6.46. The molecule has 0 saturated carbocycles. The molecule has 4 nitrogen and oxygen atoms in total. The smallest absolute Gasteiger partial charge is 0.338 e. The Balaban J connectivity index is 2.29. The lowest BCUT2D eigenvalue weighted by molar-refractivity contribution is 0.0526. The van der Waals surface area contributed by atoms with E-state index >= 15 is 0 Å². The highest BCUT2D eigenvalue weighted by Gasteiger charge is 2.23. The Morgan fingerprint density at radius 3 is 2.94 bits per heavy atom. The highest BCUT2D eigenvalue weighted by Crippen LogP contribution is 2.31. The maximum Gasteiger partial charge on any atom is 0.338 e. The first kappa shape index (κ1) is 12.7. The molecular weight excluding hydrogens is 228 g/mol. The van der Waals surface area contributed by atoms with Crippen molar-refractivity contribution in [1.82, 2.24) is 0 Å². The molecule has 2 N–H and O–H groups in total. The zero-order valence-corrected chi connectivity index (χ0v) is 11.0. The van der Waals surface area contributed by atoms with E-state index in [1.165, 1.54) is 12.8 Å². The van der Waals surface area contributed by atoms with Gasteiger partial charge in [0.05, 0.1) is 23.5 Å². The molecule has 2 rings (SSSR count). The summed E-state index contributed by atoms with van der Waals surface area (Å²) in [7, 11) is 0. The van der Waals surface area contributed by atoms with Crippen molar-refractivity contribution in [1.29, 1.82) is 0 Å². The van der Waals surface area contributed by atoms with Crippen LogP contribution < -0.4 is 10.6 Å². The Kier molecular flexibility index (Phi) is 3.75. The number of hydrogen-bond donors (Lipinski definition) is 1. The average molecular weight is 248 g/mol. The van der Waals surface area contributed by atoms with Gasteiger partial charge in [-0.15, -0.1) is 0 Å². The van der Waals surface area contributed by atoms with Gasteiger partial charge in [0, 0.05) is 12.6 Å². The predicted octanol–water partition coefficient (Wildman–Crippen LogP) is 2.43. The standard InChI is InChI=1S/C14H20N2O2/c1-3-18-14(17)11-6-7-12(15)13(9-11)16-8-4-5-10(16)2/h6-7,9-10H,3-5,8,15H2,1-2H3. The largest absolute Gasteiger partial charge is 0.462 e. The minimum atomic E-state index is -0.286. The van der Waals surface area contributed by atoms with E-state index in [0.29, 0.717) is 18.2 Å². The molecule has 0 amide bonds. The summed E-state index contributed by atoms with van der Waals surface area (Å²) < 4.78 is 5.01. The van der Waals surface area contributed by atoms with E-state index in [4.69, 9.17) is 10.5 Å². The summed E-state index contributed by atoms with van der Waals surface area (Å²) in [5, 5.41) is 0. The van der Waals surface area contributed by atoms with E-state index in [1.807, 2.05) is 6.07 Å². The fourth-order valence-corrected chi connectivity index (χ4v) is 2.42. The summed E-state index contributed by atoms with van der Waals surface area (Å²) in [5.41, 5.74) is 8.25. The molecule has 0 aliphatic carbocycles. The van der Waals surface area contributed by atoms with Crippen molar-refractivity contribution in [3.8, 4) is 0 Å².